The smallest absolute Gasteiger partial charge is 0.288 e. The topological polar surface area (TPSA) is 64.4 Å². The zero-order chi connectivity index (χ0) is 16.8. The summed E-state index contributed by atoms with van der Waals surface area (Å²) in [7, 11) is 1.64. The van der Waals surface area contributed by atoms with Crippen LogP contribution in [0.15, 0.2) is 65.2 Å². The van der Waals surface area contributed by atoms with E-state index in [1.165, 1.54) is 6.20 Å². The zero-order valence-corrected chi connectivity index (χ0v) is 13.4. The third-order valence-corrected chi connectivity index (χ3v) is 3.62. The van der Waals surface area contributed by atoms with Crippen LogP contribution in [0.5, 0.6) is 5.75 Å². The number of aromatic nitrogens is 1. The first-order valence-corrected chi connectivity index (χ1v) is 7.69. The average Bonchev–Trinajstić information content (AvgIpc) is 3.13. The molecule has 0 aliphatic carbocycles. The predicted molar refractivity (Wildman–Crippen MR) is 91.0 cm³/mol. The van der Waals surface area contributed by atoms with Gasteiger partial charge < -0.3 is 14.5 Å². The highest BCUT2D eigenvalue weighted by atomic mass is 16.5. The van der Waals surface area contributed by atoms with Gasteiger partial charge in [0.15, 0.2) is 0 Å². The minimum atomic E-state index is -0.278. The van der Waals surface area contributed by atoms with Gasteiger partial charge in [0.25, 0.3) is 5.91 Å². The van der Waals surface area contributed by atoms with E-state index >= 15 is 0 Å². The number of nitrogens with zero attached hydrogens (tertiary/aromatic N) is 1. The molecule has 0 bridgehead atoms. The van der Waals surface area contributed by atoms with Crippen molar-refractivity contribution in [3.8, 4) is 17.2 Å². The molecule has 1 aromatic heterocycles. The fourth-order valence-corrected chi connectivity index (χ4v) is 2.40. The van der Waals surface area contributed by atoms with Crippen molar-refractivity contribution in [2.75, 3.05) is 13.7 Å². The Kier molecular flexibility index (Phi) is 4.91. The van der Waals surface area contributed by atoms with Gasteiger partial charge >= 0.3 is 0 Å². The van der Waals surface area contributed by atoms with Gasteiger partial charge in [-0.3, -0.25) is 4.79 Å². The molecule has 0 radical (unpaired) electrons. The number of nitrogens with one attached hydrogen (secondary N) is 1. The van der Waals surface area contributed by atoms with Crippen molar-refractivity contribution in [1.29, 1.82) is 0 Å². The molecule has 0 spiro atoms. The number of carbonyl (C=O) groups is 1. The maximum Gasteiger partial charge on any atom is 0.288 e. The van der Waals surface area contributed by atoms with E-state index in [0.29, 0.717) is 18.9 Å². The van der Waals surface area contributed by atoms with Gasteiger partial charge in [-0.05, 0) is 30.2 Å². The van der Waals surface area contributed by atoms with Crippen molar-refractivity contribution in [2.24, 2.45) is 0 Å². The second kappa shape index (κ2) is 7.46. The molecule has 2 aromatic carbocycles. The molecule has 1 N–H and O–H groups in total. The van der Waals surface area contributed by atoms with Crippen molar-refractivity contribution in [3.05, 3.63) is 72.1 Å². The molecule has 122 valence electrons. The molecule has 3 rings (SSSR count). The van der Waals surface area contributed by atoms with Gasteiger partial charge in [-0.1, -0.05) is 36.4 Å². The van der Waals surface area contributed by atoms with Crippen LogP contribution in [0.4, 0.5) is 0 Å². The highest BCUT2D eigenvalue weighted by Crippen LogP contribution is 2.19. The number of methoxy groups -OCH3 is 1. The maximum atomic E-state index is 12.2. The van der Waals surface area contributed by atoms with Crippen LogP contribution in [0, 0.1) is 0 Å². The van der Waals surface area contributed by atoms with E-state index in [-0.39, 0.29) is 11.7 Å². The number of benzene rings is 2. The number of hydrogen-bond acceptors (Lipinski definition) is 4. The second-order valence-corrected chi connectivity index (χ2v) is 5.21. The van der Waals surface area contributed by atoms with E-state index in [9.17, 15) is 4.79 Å². The predicted octanol–water partition coefficient (Wildman–Crippen LogP) is 3.32. The Morgan fingerprint density at radius 3 is 2.67 bits per heavy atom. The highest BCUT2D eigenvalue weighted by molar-refractivity contribution is 5.91. The lowest BCUT2D eigenvalue weighted by Crippen LogP contribution is -2.25. The van der Waals surface area contributed by atoms with Gasteiger partial charge in [-0.2, -0.15) is 0 Å². The first-order valence-electron chi connectivity index (χ1n) is 7.69. The van der Waals surface area contributed by atoms with E-state index in [4.69, 9.17) is 9.15 Å². The summed E-state index contributed by atoms with van der Waals surface area (Å²) < 4.78 is 10.8. The second-order valence-electron chi connectivity index (χ2n) is 5.21. The fourth-order valence-electron chi connectivity index (χ4n) is 2.40. The van der Waals surface area contributed by atoms with Crippen LogP contribution in [0.25, 0.3) is 11.5 Å². The summed E-state index contributed by atoms with van der Waals surface area (Å²) in [6.45, 7) is 0.487. The molecule has 0 aliphatic rings. The summed E-state index contributed by atoms with van der Waals surface area (Å²) in [6.07, 6.45) is 2.12. The van der Waals surface area contributed by atoms with Crippen LogP contribution >= 0.6 is 0 Å². The van der Waals surface area contributed by atoms with Crippen molar-refractivity contribution >= 4 is 5.91 Å². The third-order valence-electron chi connectivity index (χ3n) is 3.62. The molecule has 5 heteroatoms. The Morgan fingerprint density at radius 2 is 1.88 bits per heavy atom. The number of para-hydroxylation sites is 1. The molecule has 0 atom stereocenters. The van der Waals surface area contributed by atoms with Crippen molar-refractivity contribution in [3.63, 3.8) is 0 Å². The van der Waals surface area contributed by atoms with Gasteiger partial charge in [0.1, 0.15) is 5.75 Å². The number of hydrogen-bond donors (Lipinski definition) is 1. The highest BCUT2D eigenvalue weighted by Gasteiger charge is 2.13. The van der Waals surface area contributed by atoms with Crippen LogP contribution in [0.1, 0.15) is 16.1 Å². The maximum absolute atomic E-state index is 12.2. The van der Waals surface area contributed by atoms with Gasteiger partial charge in [-0.25, -0.2) is 4.98 Å². The van der Waals surface area contributed by atoms with Crippen LogP contribution in [-0.4, -0.2) is 24.5 Å². The van der Waals surface area contributed by atoms with E-state index in [1.807, 2.05) is 54.6 Å². The van der Waals surface area contributed by atoms with Gasteiger partial charge in [0.05, 0.1) is 13.3 Å². The molecule has 0 unspecified atom stereocenters. The summed E-state index contributed by atoms with van der Waals surface area (Å²) in [6, 6.07) is 17.2. The van der Waals surface area contributed by atoms with Gasteiger partial charge in [0.2, 0.25) is 11.7 Å². The van der Waals surface area contributed by atoms with Gasteiger partial charge in [-0.15, -0.1) is 0 Å². The Morgan fingerprint density at radius 1 is 1.12 bits per heavy atom. The molecule has 5 nitrogen and oxygen atoms in total. The van der Waals surface area contributed by atoms with Crippen molar-refractivity contribution in [1.82, 2.24) is 10.3 Å². The number of carbonyl (C=O) groups excluding carboxylic acids is 1. The minimum absolute atomic E-state index is 0.203. The summed E-state index contributed by atoms with van der Waals surface area (Å²) in [5, 5.41) is 2.84. The zero-order valence-electron chi connectivity index (χ0n) is 13.4. The van der Waals surface area contributed by atoms with Crippen LogP contribution in [0.3, 0.4) is 0 Å². The molecule has 0 saturated carbocycles. The molecular weight excluding hydrogens is 304 g/mol. The fraction of sp³-hybridized carbons (Fsp3) is 0.158. The number of oxazole rings is 1. The van der Waals surface area contributed by atoms with Crippen LogP contribution < -0.4 is 10.1 Å². The first-order chi connectivity index (χ1) is 11.8. The molecular formula is C19H18N2O3. The Labute approximate surface area is 140 Å². The number of ether oxygens (including phenoxy) is 1. The SMILES string of the molecule is COc1ccccc1CCNC(=O)c1cnc(-c2ccccc2)o1. The quantitative estimate of drug-likeness (QED) is 0.756. The van der Waals surface area contributed by atoms with Crippen LogP contribution in [0.2, 0.25) is 0 Å². The molecule has 0 saturated heterocycles. The minimum Gasteiger partial charge on any atom is -0.496 e. The summed E-state index contributed by atoms with van der Waals surface area (Å²) in [5.74, 6) is 1.18. The largest absolute Gasteiger partial charge is 0.496 e. The monoisotopic (exact) mass is 322 g/mol. The third kappa shape index (κ3) is 3.63. The van der Waals surface area contributed by atoms with Crippen LogP contribution in [-0.2, 0) is 6.42 Å². The summed E-state index contributed by atoms with van der Waals surface area (Å²) in [4.78, 5) is 16.3. The lowest BCUT2D eigenvalue weighted by atomic mass is 10.1. The van der Waals surface area contributed by atoms with E-state index in [2.05, 4.69) is 10.3 Å². The van der Waals surface area contributed by atoms with E-state index in [1.54, 1.807) is 7.11 Å². The summed E-state index contributed by atoms with van der Waals surface area (Å²) >= 11 is 0. The normalized spacial score (nSPS) is 10.4. The van der Waals surface area contributed by atoms with Crippen molar-refractivity contribution < 1.29 is 13.9 Å². The Balaban J connectivity index is 1.59. The number of amides is 1. The molecule has 1 heterocycles. The molecule has 1 amide bonds. The Hall–Kier alpha value is -3.08. The molecule has 0 aliphatic heterocycles. The first kappa shape index (κ1) is 15.8. The Bertz CT molecular complexity index is 812. The van der Waals surface area contributed by atoms with Gasteiger partial charge in [0, 0.05) is 12.1 Å². The van der Waals surface area contributed by atoms with E-state index in [0.717, 1.165) is 16.9 Å². The summed E-state index contributed by atoms with van der Waals surface area (Å²) in [5.41, 5.74) is 1.88. The molecule has 24 heavy (non-hydrogen) atoms. The van der Waals surface area contributed by atoms with Crippen molar-refractivity contribution in [2.45, 2.75) is 6.42 Å². The molecule has 0 fully saturated rings. The standard InChI is InChI=1S/C19H18N2O3/c1-23-16-10-6-5-7-14(16)11-12-20-18(22)17-13-21-19(24-17)15-8-3-2-4-9-15/h2-10,13H,11-12H2,1H3,(H,20,22). The average molecular weight is 322 g/mol. The molecule has 3 aromatic rings. The lowest BCUT2D eigenvalue weighted by molar-refractivity contribution is 0.0927. The van der Waals surface area contributed by atoms with E-state index < -0.39 is 0 Å². The number of rotatable bonds is 6. The lowest BCUT2D eigenvalue weighted by Gasteiger charge is -2.08.